The molecule has 0 N–H and O–H groups in total. The minimum absolute atomic E-state index is 0.228. The lowest BCUT2D eigenvalue weighted by molar-refractivity contribution is -0.0416. The molecule has 1 aromatic rings. The van der Waals surface area contributed by atoms with Crippen LogP contribution in [0.1, 0.15) is 83.1 Å². The molecule has 3 fully saturated rings. The summed E-state index contributed by atoms with van der Waals surface area (Å²) in [5, 5.41) is 0. The number of hydrogen-bond acceptors (Lipinski definition) is 2. The summed E-state index contributed by atoms with van der Waals surface area (Å²) >= 11 is 0. The highest BCUT2D eigenvalue weighted by molar-refractivity contribution is 5.26. The maximum absolute atomic E-state index is 11.4. The quantitative estimate of drug-likeness (QED) is 0.574. The predicted molar refractivity (Wildman–Crippen MR) is 104 cm³/mol. The van der Waals surface area contributed by atoms with Crippen molar-refractivity contribution in [2.45, 2.75) is 77.6 Å². The van der Waals surface area contributed by atoms with Crippen molar-refractivity contribution in [1.29, 1.82) is 0 Å². The van der Waals surface area contributed by atoms with E-state index in [2.05, 4.69) is 19.9 Å². The SMILES string of the molecule is C[C@]12CC[C@H]3[C@@H](CCC4=CCCC[C@@]43C)[C@H]1CC[C@@H]2c1ccc(=O)oc1. The van der Waals surface area contributed by atoms with Crippen LogP contribution in [0.2, 0.25) is 0 Å². The molecule has 0 unspecified atom stereocenters. The molecule has 140 valence electrons. The van der Waals surface area contributed by atoms with E-state index in [4.69, 9.17) is 4.42 Å². The van der Waals surface area contributed by atoms with Crippen molar-refractivity contribution in [3.63, 3.8) is 0 Å². The first-order valence-electron chi connectivity index (χ1n) is 10.8. The van der Waals surface area contributed by atoms with Gasteiger partial charge in [-0.05, 0) is 104 Å². The van der Waals surface area contributed by atoms with Crippen molar-refractivity contribution in [2.75, 3.05) is 0 Å². The molecule has 0 bridgehead atoms. The standard InChI is InChI=1S/C24H32O2/c1-23-13-4-3-5-17(23)7-8-18-20-10-9-19(16-6-11-22(25)26-15-16)24(20,2)14-12-21(18)23/h5-6,11,15,18-21H,3-4,7-10,12-14H2,1-2H3/t18-,19+,20+,21-,23-,24+/m0/s1. The fraction of sp³-hybridized carbons (Fsp3) is 0.708. The van der Waals surface area contributed by atoms with E-state index in [0.29, 0.717) is 16.7 Å². The Morgan fingerprint density at radius 1 is 1.04 bits per heavy atom. The second-order valence-electron chi connectivity index (χ2n) is 10.0. The zero-order valence-corrected chi connectivity index (χ0v) is 16.3. The first kappa shape index (κ1) is 16.8. The summed E-state index contributed by atoms with van der Waals surface area (Å²) in [5.74, 6) is 3.20. The van der Waals surface area contributed by atoms with Crippen LogP contribution in [0.15, 0.2) is 39.3 Å². The number of hydrogen-bond donors (Lipinski definition) is 0. The number of rotatable bonds is 1. The van der Waals surface area contributed by atoms with Crippen LogP contribution >= 0.6 is 0 Å². The van der Waals surface area contributed by atoms with Crippen LogP contribution in [0, 0.1) is 28.6 Å². The average molecular weight is 353 g/mol. The number of fused-ring (bicyclic) bond motifs is 5. The zero-order valence-electron chi connectivity index (χ0n) is 16.3. The van der Waals surface area contributed by atoms with E-state index in [1.165, 1.54) is 63.4 Å². The Balaban J connectivity index is 1.47. The van der Waals surface area contributed by atoms with Crippen molar-refractivity contribution in [1.82, 2.24) is 0 Å². The highest BCUT2D eigenvalue weighted by Crippen LogP contribution is 2.68. The molecule has 2 nitrogen and oxygen atoms in total. The van der Waals surface area contributed by atoms with E-state index < -0.39 is 0 Å². The minimum atomic E-state index is -0.228. The van der Waals surface area contributed by atoms with Crippen LogP contribution in [0.5, 0.6) is 0 Å². The van der Waals surface area contributed by atoms with Gasteiger partial charge in [0.1, 0.15) is 0 Å². The van der Waals surface area contributed by atoms with Gasteiger partial charge in [-0.2, -0.15) is 0 Å². The molecular formula is C24H32O2. The van der Waals surface area contributed by atoms with Gasteiger partial charge in [0.2, 0.25) is 0 Å². The monoisotopic (exact) mass is 352 g/mol. The van der Waals surface area contributed by atoms with Gasteiger partial charge in [0.25, 0.3) is 0 Å². The predicted octanol–water partition coefficient (Wildman–Crippen LogP) is 6.08. The van der Waals surface area contributed by atoms with Crippen molar-refractivity contribution in [3.8, 4) is 0 Å². The topological polar surface area (TPSA) is 30.2 Å². The summed E-state index contributed by atoms with van der Waals surface area (Å²) < 4.78 is 5.23. The van der Waals surface area contributed by atoms with Crippen molar-refractivity contribution in [3.05, 3.63) is 46.0 Å². The highest BCUT2D eigenvalue weighted by atomic mass is 16.4. The van der Waals surface area contributed by atoms with Crippen LogP contribution in [-0.4, -0.2) is 0 Å². The van der Waals surface area contributed by atoms with Gasteiger partial charge in [-0.1, -0.05) is 25.5 Å². The summed E-state index contributed by atoms with van der Waals surface area (Å²) in [5.41, 5.74) is 3.70. The average Bonchev–Trinajstić information content (AvgIpc) is 2.99. The first-order chi connectivity index (χ1) is 12.5. The lowest BCUT2D eigenvalue weighted by Crippen LogP contribution is -2.49. The molecule has 0 aromatic carbocycles. The molecule has 6 atom stereocenters. The molecule has 0 saturated heterocycles. The van der Waals surface area contributed by atoms with E-state index in [1.807, 2.05) is 6.07 Å². The van der Waals surface area contributed by atoms with Gasteiger partial charge in [-0.25, -0.2) is 4.79 Å². The Morgan fingerprint density at radius 2 is 1.92 bits per heavy atom. The molecule has 1 aromatic heterocycles. The van der Waals surface area contributed by atoms with E-state index in [9.17, 15) is 4.79 Å². The highest BCUT2D eigenvalue weighted by Gasteiger charge is 2.58. The Hall–Kier alpha value is -1.31. The number of allylic oxidation sites excluding steroid dienone is 2. The summed E-state index contributed by atoms with van der Waals surface area (Å²) in [7, 11) is 0. The maximum atomic E-state index is 11.4. The Labute approximate surface area is 157 Å². The molecule has 5 rings (SSSR count). The smallest absolute Gasteiger partial charge is 0.335 e. The van der Waals surface area contributed by atoms with Gasteiger partial charge in [0.15, 0.2) is 0 Å². The molecule has 0 spiro atoms. The third kappa shape index (κ3) is 2.26. The Morgan fingerprint density at radius 3 is 2.73 bits per heavy atom. The van der Waals surface area contributed by atoms with E-state index in [1.54, 1.807) is 17.9 Å². The van der Waals surface area contributed by atoms with Crippen molar-refractivity contribution >= 4 is 0 Å². The van der Waals surface area contributed by atoms with Crippen molar-refractivity contribution in [2.24, 2.45) is 28.6 Å². The van der Waals surface area contributed by atoms with Gasteiger partial charge in [-0.15, -0.1) is 0 Å². The molecule has 0 amide bonds. The molecule has 2 heteroatoms. The fourth-order valence-corrected chi connectivity index (χ4v) is 7.87. The van der Waals surface area contributed by atoms with Gasteiger partial charge in [-0.3, -0.25) is 0 Å². The normalized spacial score (nSPS) is 44.6. The summed E-state index contributed by atoms with van der Waals surface area (Å²) in [4.78, 5) is 11.4. The van der Waals surface area contributed by atoms with Crippen LogP contribution in [0.25, 0.3) is 0 Å². The van der Waals surface area contributed by atoms with E-state index in [-0.39, 0.29) is 5.63 Å². The summed E-state index contributed by atoms with van der Waals surface area (Å²) in [6.45, 7) is 5.14. The second-order valence-corrected chi connectivity index (χ2v) is 10.0. The lowest BCUT2D eigenvalue weighted by atomic mass is 9.46. The van der Waals surface area contributed by atoms with Crippen LogP contribution in [0.3, 0.4) is 0 Å². The molecule has 3 saturated carbocycles. The fourth-order valence-electron chi connectivity index (χ4n) is 7.87. The summed E-state index contributed by atoms with van der Waals surface area (Å²) in [6, 6.07) is 3.64. The molecule has 0 radical (unpaired) electrons. The van der Waals surface area contributed by atoms with Crippen LogP contribution in [-0.2, 0) is 0 Å². The maximum Gasteiger partial charge on any atom is 0.335 e. The first-order valence-corrected chi connectivity index (χ1v) is 10.8. The van der Waals surface area contributed by atoms with E-state index in [0.717, 1.165) is 17.8 Å². The van der Waals surface area contributed by atoms with E-state index >= 15 is 0 Å². The molecular weight excluding hydrogens is 320 g/mol. The summed E-state index contributed by atoms with van der Waals surface area (Å²) in [6.07, 6.45) is 16.5. The van der Waals surface area contributed by atoms with Crippen LogP contribution < -0.4 is 5.63 Å². The minimum Gasteiger partial charge on any atom is -0.431 e. The third-order valence-electron chi connectivity index (χ3n) is 9.15. The Kier molecular flexibility index (Phi) is 3.78. The molecule has 0 aliphatic heterocycles. The third-order valence-corrected chi connectivity index (χ3v) is 9.15. The lowest BCUT2D eigenvalue weighted by Gasteiger charge is -2.58. The molecule has 4 aliphatic carbocycles. The van der Waals surface area contributed by atoms with Gasteiger partial charge in [0, 0.05) is 6.07 Å². The van der Waals surface area contributed by atoms with Gasteiger partial charge in [0.05, 0.1) is 6.26 Å². The molecule has 26 heavy (non-hydrogen) atoms. The zero-order chi connectivity index (χ0) is 17.9. The largest absolute Gasteiger partial charge is 0.431 e. The Bertz CT molecular complexity index is 769. The van der Waals surface area contributed by atoms with Gasteiger partial charge < -0.3 is 4.42 Å². The molecule has 1 heterocycles. The second kappa shape index (κ2) is 5.84. The molecule has 4 aliphatic rings. The van der Waals surface area contributed by atoms with Crippen molar-refractivity contribution < 1.29 is 4.42 Å². The van der Waals surface area contributed by atoms with Gasteiger partial charge >= 0.3 is 5.63 Å². The van der Waals surface area contributed by atoms with Crippen LogP contribution in [0.4, 0.5) is 0 Å².